The van der Waals surface area contributed by atoms with Crippen molar-refractivity contribution < 1.29 is 9.59 Å². The Morgan fingerprint density at radius 1 is 1.39 bits per heavy atom. The molecule has 1 N–H and O–H groups in total. The summed E-state index contributed by atoms with van der Waals surface area (Å²) in [6.07, 6.45) is 6.32. The summed E-state index contributed by atoms with van der Waals surface area (Å²) in [6, 6.07) is 6.03. The fraction of sp³-hybridized carbons (Fsp3) is 0.333. The number of amides is 1. The number of carbonyl (C=O) groups is 2. The Kier molecular flexibility index (Phi) is 3.92. The van der Waals surface area contributed by atoms with Gasteiger partial charge in [0, 0.05) is 25.5 Å². The smallest absolute Gasteiger partial charge is 0.216 e. The Hall–Kier alpha value is -1.90. The zero-order chi connectivity index (χ0) is 13.0. The van der Waals surface area contributed by atoms with Crippen LogP contribution in [0.5, 0.6) is 0 Å². The van der Waals surface area contributed by atoms with Gasteiger partial charge in [0.05, 0.1) is 0 Å². The standard InChI is InChI=1S/C15H17NO2/c1-11(17)16-9-3-2-4-12-5-6-13-7-8-15(18)14(13)10-12/h2,4-6,10H,3,7-9H2,1H3,(H,16,17). The third-order valence-electron chi connectivity index (χ3n) is 3.05. The molecule has 1 aliphatic rings. The third-order valence-corrected chi connectivity index (χ3v) is 3.05. The fourth-order valence-electron chi connectivity index (χ4n) is 2.11. The van der Waals surface area contributed by atoms with Gasteiger partial charge < -0.3 is 5.32 Å². The number of hydrogen-bond donors (Lipinski definition) is 1. The highest BCUT2D eigenvalue weighted by Gasteiger charge is 2.18. The predicted molar refractivity (Wildman–Crippen MR) is 71.4 cm³/mol. The molecule has 0 atom stereocenters. The number of benzene rings is 1. The van der Waals surface area contributed by atoms with E-state index in [2.05, 4.69) is 5.32 Å². The normalized spacial score (nSPS) is 13.9. The maximum atomic E-state index is 11.6. The van der Waals surface area contributed by atoms with Crippen molar-refractivity contribution in [2.45, 2.75) is 26.2 Å². The lowest BCUT2D eigenvalue weighted by Crippen LogP contribution is -2.20. The van der Waals surface area contributed by atoms with Gasteiger partial charge in [0.2, 0.25) is 5.91 Å². The van der Waals surface area contributed by atoms with Crippen LogP contribution >= 0.6 is 0 Å². The van der Waals surface area contributed by atoms with Crippen molar-refractivity contribution in [3.05, 3.63) is 41.0 Å². The van der Waals surface area contributed by atoms with Crippen molar-refractivity contribution >= 4 is 17.8 Å². The minimum absolute atomic E-state index is 0.00784. The Labute approximate surface area is 107 Å². The van der Waals surface area contributed by atoms with Gasteiger partial charge in [0.15, 0.2) is 5.78 Å². The molecule has 0 unspecified atom stereocenters. The van der Waals surface area contributed by atoms with E-state index in [1.807, 2.05) is 30.4 Å². The van der Waals surface area contributed by atoms with Crippen LogP contribution in [0.25, 0.3) is 6.08 Å². The van der Waals surface area contributed by atoms with E-state index >= 15 is 0 Å². The van der Waals surface area contributed by atoms with E-state index in [4.69, 9.17) is 0 Å². The molecule has 0 saturated carbocycles. The first kappa shape index (κ1) is 12.6. The van der Waals surface area contributed by atoms with Gasteiger partial charge in [-0.3, -0.25) is 9.59 Å². The molecule has 0 saturated heterocycles. The molecule has 94 valence electrons. The van der Waals surface area contributed by atoms with Crippen LogP contribution in [0.15, 0.2) is 24.3 Å². The van der Waals surface area contributed by atoms with Crippen LogP contribution in [0.2, 0.25) is 0 Å². The Morgan fingerprint density at radius 3 is 3.00 bits per heavy atom. The fourth-order valence-corrected chi connectivity index (χ4v) is 2.11. The van der Waals surface area contributed by atoms with Crippen LogP contribution < -0.4 is 5.32 Å². The van der Waals surface area contributed by atoms with Crippen LogP contribution in [-0.4, -0.2) is 18.2 Å². The molecule has 0 heterocycles. The van der Waals surface area contributed by atoms with Gasteiger partial charge in [-0.15, -0.1) is 0 Å². The highest BCUT2D eigenvalue weighted by molar-refractivity contribution is 6.00. The zero-order valence-corrected chi connectivity index (χ0v) is 10.5. The summed E-state index contributed by atoms with van der Waals surface area (Å²) in [4.78, 5) is 22.3. The topological polar surface area (TPSA) is 46.2 Å². The largest absolute Gasteiger partial charge is 0.356 e. The van der Waals surface area contributed by atoms with Crippen LogP contribution in [0.1, 0.15) is 41.3 Å². The van der Waals surface area contributed by atoms with Crippen LogP contribution in [0.4, 0.5) is 0 Å². The van der Waals surface area contributed by atoms with Gasteiger partial charge in [-0.05, 0) is 30.0 Å². The molecule has 0 fully saturated rings. The molecule has 2 rings (SSSR count). The van der Waals surface area contributed by atoms with Crippen molar-refractivity contribution in [3.8, 4) is 0 Å². The Balaban J connectivity index is 1.94. The molecule has 3 nitrogen and oxygen atoms in total. The zero-order valence-electron chi connectivity index (χ0n) is 10.5. The van der Waals surface area contributed by atoms with E-state index in [1.165, 1.54) is 6.92 Å². The number of carbonyl (C=O) groups excluding carboxylic acids is 2. The summed E-state index contributed by atoms with van der Waals surface area (Å²) in [5, 5.41) is 2.74. The summed E-state index contributed by atoms with van der Waals surface area (Å²) >= 11 is 0. The lowest BCUT2D eigenvalue weighted by molar-refractivity contribution is -0.118. The van der Waals surface area contributed by atoms with Crippen molar-refractivity contribution in [1.29, 1.82) is 0 Å². The van der Waals surface area contributed by atoms with E-state index < -0.39 is 0 Å². The first-order chi connectivity index (χ1) is 8.66. The van der Waals surface area contributed by atoms with E-state index in [0.29, 0.717) is 13.0 Å². The molecule has 3 heteroatoms. The average Bonchev–Trinajstić information content (AvgIpc) is 2.70. The number of ketones is 1. The van der Waals surface area contributed by atoms with Gasteiger partial charge in [-0.2, -0.15) is 0 Å². The summed E-state index contributed by atoms with van der Waals surface area (Å²) in [7, 11) is 0. The number of rotatable bonds is 4. The number of aryl methyl sites for hydroxylation is 1. The van der Waals surface area contributed by atoms with Gasteiger partial charge in [0.1, 0.15) is 0 Å². The maximum Gasteiger partial charge on any atom is 0.216 e. The van der Waals surface area contributed by atoms with E-state index in [0.717, 1.165) is 29.5 Å². The predicted octanol–water partition coefficient (Wildman–Crippen LogP) is 2.35. The molecule has 0 spiro atoms. The Bertz CT molecular complexity index is 503. The van der Waals surface area contributed by atoms with E-state index in [1.54, 1.807) is 0 Å². The molecule has 0 radical (unpaired) electrons. The second-order valence-corrected chi connectivity index (χ2v) is 4.51. The molecule has 1 aromatic carbocycles. The number of fused-ring (bicyclic) bond motifs is 1. The first-order valence-corrected chi connectivity index (χ1v) is 6.24. The van der Waals surface area contributed by atoms with Gasteiger partial charge in [-0.25, -0.2) is 0 Å². The van der Waals surface area contributed by atoms with Crippen LogP contribution in [-0.2, 0) is 11.2 Å². The lowest BCUT2D eigenvalue weighted by atomic mass is 10.1. The number of nitrogens with one attached hydrogen (secondary N) is 1. The van der Waals surface area contributed by atoms with Gasteiger partial charge in [-0.1, -0.05) is 24.3 Å². The molecule has 1 amide bonds. The van der Waals surface area contributed by atoms with E-state index in [-0.39, 0.29) is 11.7 Å². The molecular formula is C15H17NO2. The molecule has 0 aromatic heterocycles. The molecule has 1 aromatic rings. The van der Waals surface area contributed by atoms with Crippen molar-refractivity contribution in [2.75, 3.05) is 6.54 Å². The number of Topliss-reactive ketones (excluding diaryl/α,β-unsaturated/α-hetero) is 1. The molecule has 0 bridgehead atoms. The number of hydrogen-bond acceptors (Lipinski definition) is 2. The Morgan fingerprint density at radius 2 is 2.22 bits per heavy atom. The lowest BCUT2D eigenvalue weighted by Gasteiger charge is -2.00. The average molecular weight is 243 g/mol. The van der Waals surface area contributed by atoms with E-state index in [9.17, 15) is 9.59 Å². The van der Waals surface area contributed by atoms with Crippen molar-refractivity contribution in [3.63, 3.8) is 0 Å². The molecule has 0 aliphatic heterocycles. The first-order valence-electron chi connectivity index (χ1n) is 6.24. The summed E-state index contributed by atoms with van der Waals surface area (Å²) < 4.78 is 0. The van der Waals surface area contributed by atoms with Crippen LogP contribution in [0, 0.1) is 0 Å². The molecular weight excluding hydrogens is 226 g/mol. The molecule has 1 aliphatic carbocycles. The summed E-state index contributed by atoms with van der Waals surface area (Å²) in [6.45, 7) is 2.16. The SMILES string of the molecule is CC(=O)NCCC=Cc1ccc2c(c1)C(=O)CC2. The monoisotopic (exact) mass is 243 g/mol. The molecule has 18 heavy (non-hydrogen) atoms. The van der Waals surface area contributed by atoms with Gasteiger partial charge in [0.25, 0.3) is 0 Å². The van der Waals surface area contributed by atoms with Crippen LogP contribution in [0.3, 0.4) is 0 Å². The summed E-state index contributed by atoms with van der Waals surface area (Å²) in [5.41, 5.74) is 3.08. The third kappa shape index (κ3) is 3.06. The summed E-state index contributed by atoms with van der Waals surface area (Å²) in [5.74, 6) is 0.241. The second kappa shape index (κ2) is 5.63. The second-order valence-electron chi connectivity index (χ2n) is 4.51. The van der Waals surface area contributed by atoms with Crippen molar-refractivity contribution in [2.24, 2.45) is 0 Å². The van der Waals surface area contributed by atoms with Gasteiger partial charge >= 0.3 is 0 Å². The minimum Gasteiger partial charge on any atom is -0.356 e. The highest BCUT2D eigenvalue weighted by Crippen LogP contribution is 2.23. The minimum atomic E-state index is -0.00784. The van der Waals surface area contributed by atoms with Crippen molar-refractivity contribution in [1.82, 2.24) is 5.32 Å². The highest BCUT2D eigenvalue weighted by atomic mass is 16.1. The maximum absolute atomic E-state index is 11.6. The quantitative estimate of drug-likeness (QED) is 0.825.